The van der Waals surface area contributed by atoms with Gasteiger partial charge in [-0.05, 0) is 25.7 Å². The number of ether oxygens (including phenoxy) is 2. The molecule has 1 aliphatic heterocycles. The van der Waals surface area contributed by atoms with Gasteiger partial charge in [0.2, 0.25) is 0 Å². The SMILES string of the molecule is O=C1[C@@H]2CCCC[C@H]1[C@H](O[C@H]1O[C@H](CO)[C@@H](O)[C@H](O)[C@H]1O)CCC2. The van der Waals surface area contributed by atoms with E-state index in [1.807, 2.05) is 0 Å². The lowest BCUT2D eigenvalue weighted by Gasteiger charge is -2.41. The summed E-state index contributed by atoms with van der Waals surface area (Å²) in [4.78, 5) is 12.7. The molecule has 0 aromatic heterocycles. The van der Waals surface area contributed by atoms with Gasteiger partial charge in [0.1, 0.15) is 30.2 Å². The molecular weight excluding hydrogens is 316 g/mol. The molecule has 2 saturated carbocycles. The maximum absolute atomic E-state index is 12.7. The minimum Gasteiger partial charge on any atom is -0.394 e. The summed E-state index contributed by atoms with van der Waals surface area (Å²) in [5.74, 6) is 0.160. The molecule has 24 heavy (non-hydrogen) atoms. The molecule has 2 aliphatic carbocycles. The summed E-state index contributed by atoms with van der Waals surface area (Å²) in [6.07, 6.45) is -0.534. The Morgan fingerprint density at radius 2 is 1.67 bits per heavy atom. The Morgan fingerprint density at radius 3 is 2.42 bits per heavy atom. The lowest BCUT2D eigenvalue weighted by molar-refractivity contribution is -0.314. The molecule has 3 rings (SSSR count). The van der Waals surface area contributed by atoms with Gasteiger partial charge < -0.3 is 29.9 Å². The van der Waals surface area contributed by atoms with Crippen LogP contribution in [0.1, 0.15) is 44.9 Å². The Hall–Kier alpha value is -0.570. The van der Waals surface area contributed by atoms with E-state index < -0.39 is 37.3 Å². The normalized spacial score (nSPS) is 47.1. The first-order valence-corrected chi connectivity index (χ1v) is 9.02. The number of carbonyl (C=O) groups excluding carboxylic acids is 1. The standard InChI is InChI=1S/C17H28O7/c18-8-12-14(20)15(21)16(22)17(24-12)23-11-7-3-5-9-4-1-2-6-10(11)13(9)19/h9-12,14-18,20-22H,1-8H2/t9-,10+,11-,12-,14-,15+,16-,17+/m1/s1. The van der Waals surface area contributed by atoms with Crippen molar-refractivity contribution in [2.75, 3.05) is 6.61 Å². The van der Waals surface area contributed by atoms with E-state index in [0.29, 0.717) is 6.42 Å². The van der Waals surface area contributed by atoms with E-state index in [9.17, 15) is 25.2 Å². The molecule has 8 atom stereocenters. The third kappa shape index (κ3) is 3.52. The van der Waals surface area contributed by atoms with Crippen molar-refractivity contribution < 1.29 is 34.7 Å². The second-order valence-corrected chi connectivity index (χ2v) is 7.29. The van der Waals surface area contributed by atoms with Crippen molar-refractivity contribution in [3.63, 3.8) is 0 Å². The number of rotatable bonds is 3. The molecule has 0 unspecified atom stereocenters. The molecule has 3 fully saturated rings. The largest absolute Gasteiger partial charge is 0.394 e. The van der Waals surface area contributed by atoms with Gasteiger partial charge in [0.25, 0.3) is 0 Å². The molecule has 2 bridgehead atoms. The van der Waals surface area contributed by atoms with Crippen LogP contribution in [0, 0.1) is 11.8 Å². The van der Waals surface area contributed by atoms with Crippen molar-refractivity contribution >= 4 is 5.78 Å². The molecule has 3 aliphatic rings. The first-order chi connectivity index (χ1) is 11.5. The van der Waals surface area contributed by atoms with E-state index in [2.05, 4.69) is 0 Å². The smallest absolute Gasteiger partial charge is 0.186 e. The van der Waals surface area contributed by atoms with E-state index in [-0.39, 0.29) is 23.7 Å². The van der Waals surface area contributed by atoms with Crippen molar-refractivity contribution in [3.05, 3.63) is 0 Å². The van der Waals surface area contributed by atoms with E-state index in [1.54, 1.807) is 0 Å². The van der Waals surface area contributed by atoms with Crippen LogP contribution >= 0.6 is 0 Å². The number of hydrogen-bond acceptors (Lipinski definition) is 7. The second-order valence-electron chi connectivity index (χ2n) is 7.29. The molecule has 7 nitrogen and oxygen atoms in total. The maximum Gasteiger partial charge on any atom is 0.186 e. The zero-order valence-corrected chi connectivity index (χ0v) is 13.8. The van der Waals surface area contributed by atoms with Crippen LogP contribution in [-0.4, -0.2) is 69.6 Å². The average molecular weight is 344 g/mol. The Balaban J connectivity index is 1.72. The molecule has 0 spiro atoms. The van der Waals surface area contributed by atoms with Gasteiger partial charge in [-0.3, -0.25) is 4.79 Å². The number of aliphatic hydroxyl groups is 4. The minimum absolute atomic E-state index is 0.112. The first-order valence-electron chi connectivity index (χ1n) is 9.02. The lowest BCUT2D eigenvalue weighted by atomic mass is 9.89. The van der Waals surface area contributed by atoms with E-state index in [0.717, 1.165) is 38.5 Å². The van der Waals surface area contributed by atoms with Gasteiger partial charge in [-0.1, -0.05) is 19.3 Å². The van der Waals surface area contributed by atoms with Crippen LogP contribution in [0.2, 0.25) is 0 Å². The fourth-order valence-electron chi connectivity index (χ4n) is 4.28. The Bertz CT molecular complexity index is 441. The molecular formula is C17H28O7. The molecule has 7 heteroatoms. The molecule has 0 aromatic rings. The number of hydrogen-bond donors (Lipinski definition) is 4. The van der Waals surface area contributed by atoms with Crippen LogP contribution in [0.15, 0.2) is 0 Å². The zero-order valence-electron chi connectivity index (χ0n) is 13.8. The predicted octanol–water partition coefficient (Wildman–Crippen LogP) is -0.269. The summed E-state index contributed by atoms with van der Waals surface area (Å²) in [6, 6.07) is 0. The second kappa shape index (κ2) is 7.76. The summed E-state index contributed by atoms with van der Waals surface area (Å²) >= 11 is 0. The fourth-order valence-corrected chi connectivity index (χ4v) is 4.28. The van der Waals surface area contributed by atoms with E-state index >= 15 is 0 Å². The quantitative estimate of drug-likeness (QED) is 0.557. The van der Waals surface area contributed by atoms with Crippen molar-refractivity contribution in [2.45, 2.75) is 81.8 Å². The highest BCUT2D eigenvalue weighted by atomic mass is 16.7. The summed E-state index contributed by atoms with van der Waals surface area (Å²) < 4.78 is 11.3. The van der Waals surface area contributed by atoms with Gasteiger partial charge in [0.15, 0.2) is 6.29 Å². The van der Waals surface area contributed by atoms with Gasteiger partial charge in [-0.2, -0.15) is 0 Å². The average Bonchev–Trinajstić information content (AvgIpc) is 2.85. The van der Waals surface area contributed by atoms with E-state index in [4.69, 9.17) is 9.47 Å². The molecule has 0 radical (unpaired) electrons. The van der Waals surface area contributed by atoms with Crippen molar-refractivity contribution in [3.8, 4) is 0 Å². The van der Waals surface area contributed by atoms with Gasteiger partial charge in [-0.25, -0.2) is 0 Å². The number of carbonyl (C=O) groups is 1. The minimum atomic E-state index is -1.45. The zero-order chi connectivity index (χ0) is 17.3. The Morgan fingerprint density at radius 1 is 0.958 bits per heavy atom. The first kappa shape index (κ1) is 18.2. The summed E-state index contributed by atoms with van der Waals surface area (Å²) in [7, 11) is 0. The number of aliphatic hydroxyl groups excluding tert-OH is 4. The van der Waals surface area contributed by atoms with Crippen LogP contribution < -0.4 is 0 Å². The summed E-state index contributed by atoms with van der Waals surface area (Å²) in [5.41, 5.74) is 0. The number of Topliss-reactive ketones (excluding diaryl/α,β-unsaturated/α-hetero) is 1. The third-order valence-electron chi connectivity index (χ3n) is 5.73. The van der Waals surface area contributed by atoms with Crippen LogP contribution in [0.4, 0.5) is 0 Å². The van der Waals surface area contributed by atoms with Gasteiger partial charge in [-0.15, -0.1) is 0 Å². The predicted molar refractivity (Wildman–Crippen MR) is 82.9 cm³/mol. The fraction of sp³-hybridized carbons (Fsp3) is 0.941. The highest BCUT2D eigenvalue weighted by Crippen LogP contribution is 2.37. The molecule has 1 heterocycles. The van der Waals surface area contributed by atoms with Crippen LogP contribution in [-0.2, 0) is 14.3 Å². The monoisotopic (exact) mass is 344 g/mol. The van der Waals surface area contributed by atoms with E-state index in [1.165, 1.54) is 0 Å². The lowest BCUT2D eigenvalue weighted by Crippen LogP contribution is -2.60. The van der Waals surface area contributed by atoms with Crippen LogP contribution in [0.3, 0.4) is 0 Å². The van der Waals surface area contributed by atoms with Gasteiger partial charge in [0, 0.05) is 11.8 Å². The highest BCUT2D eigenvalue weighted by Gasteiger charge is 2.46. The maximum atomic E-state index is 12.7. The third-order valence-corrected chi connectivity index (χ3v) is 5.73. The van der Waals surface area contributed by atoms with Gasteiger partial charge >= 0.3 is 0 Å². The summed E-state index contributed by atoms with van der Waals surface area (Å²) in [5, 5.41) is 39.1. The molecule has 0 amide bonds. The molecule has 4 N–H and O–H groups in total. The van der Waals surface area contributed by atoms with Crippen molar-refractivity contribution in [1.82, 2.24) is 0 Å². The van der Waals surface area contributed by atoms with Crippen molar-refractivity contribution in [1.29, 1.82) is 0 Å². The van der Waals surface area contributed by atoms with Crippen LogP contribution in [0.5, 0.6) is 0 Å². The molecule has 1 saturated heterocycles. The van der Waals surface area contributed by atoms with Crippen LogP contribution in [0.25, 0.3) is 0 Å². The molecule has 0 aromatic carbocycles. The topological polar surface area (TPSA) is 116 Å². The number of ketones is 1. The Kier molecular flexibility index (Phi) is 5.89. The van der Waals surface area contributed by atoms with Gasteiger partial charge in [0.05, 0.1) is 12.7 Å². The van der Waals surface area contributed by atoms with Crippen molar-refractivity contribution in [2.24, 2.45) is 11.8 Å². The Labute approximate surface area is 141 Å². The molecule has 138 valence electrons. The number of fused-ring (bicyclic) bond motifs is 2. The highest BCUT2D eigenvalue weighted by molar-refractivity contribution is 5.84. The summed E-state index contributed by atoms with van der Waals surface area (Å²) in [6.45, 7) is -0.486.